The largest absolute Gasteiger partial charge is 0.454 e. The average Bonchev–Trinajstić information content (AvgIpc) is 3.54. The minimum absolute atomic E-state index is 0.259. The summed E-state index contributed by atoms with van der Waals surface area (Å²) in [5.74, 6) is 2.35. The van der Waals surface area contributed by atoms with Crippen molar-refractivity contribution in [2.24, 2.45) is 5.92 Å². The van der Waals surface area contributed by atoms with Gasteiger partial charge in [-0.3, -0.25) is 19.9 Å². The van der Waals surface area contributed by atoms with Gasteiger partial charge in [-0.15, -0.1) is 0 Å². The van der Waals surface area contributed by atoms with Crippen LogP contribution in [0.5, 0.6) is 11.5 Å². The number of ether oxygens (including phenoxy) is 2. The Kier molecular flexibility index (Phi) is 6.93. The Balaban J connectivity index is 0.998. The van der Waals surface area contributed by atoms with Crippen LogP contribution in [-0.4, -0.2) is 52.5 Å². The Morgan fingerprint density at radius 3 is 2.74 bits per heavy atom. The molecular formula is C27H26N6O4S. The van der Waals surface area contributed by atoms with E-state index in [0.29, 0.717) is 22.5 Å². The van der Waals surface area contributed by atoms with E-state index in [-0.39, 0.29) is 17.9 Å². The van der Waals surface area contributed by atoms with Crippen molar-refractivity contribution in [1.29, 1.82) is 0 Å². The van der Waals surface area contributed by atoms with Gasteiger partial charge in [-0.25, -0.2) is 9.97 Å². The molecule has 10 nitrogen and oxygen atoms in total. The average molecular weight is 531 g/mol. The summed E-state index contributed by atoms with van der Waals surface area (Å²) in [4.78, 5) is 39.3. The zero-order valence-electron chi connectivity index (χ0n) is 20.6. The maximum absolute atomic E-state index is 11.8. The van der Waals surface area contributed by atoms with Crippen molar-refractivity contribution < 1.29 is 19.1 Å². The van der Waals surface area contributed by atoms with Crippen molar-refractivity contribution >= 4 is 34.9 Å². The molecule has 5 heterocycles. The fourth-order valence-electron chi connectivity index (χ4n) is 4.71. The number of hydrogen-bond acceptors (Lipinski definition) is 10. The van der Waals surface area contributed by atoms with Crippen molar-refractivity contribution in [3.05, 3.63) is 65.0 Å². The van der Waals surface area contributed by atoms with Crippen molar-refractivity contribution in [1.82, 2.24) is 25.6 Å². The Morgan fingerprint density at radius 1 is 1.05 bits per heavy atom. The Bertz CT molecular complexity index is 1410. The Labute approximate surface area is 223 Å². The molecule has 0 radical (unpaired) electrons. The molecular weight excluding hydrogens is 504 g/mol. The molecule has 0 saturated carbocycles. The molecule has 0 unspecified atom stereocenters. The Hall–Kier alpha value is -3.96. The van der Waals surface area contributed by atoms with Crippen LogP contribution in [0.2, 0.25) is 0 Å². The third-order valence-corrected chi connectivity index (χ3v) is 7.55. The van der Waals surface area contributed by atoms with Gasteiger partial charge in [-0.2, -0.15) is 0 Å². The topological polar surface area (TPSA) is 119 Å². The smallest absolute Gasteiger partial charge is 0.290 e. The highest BCUT2D eigenvalue weighted by Gasteiger charge is 2.26. The number of anilines is 1. The van der Waals surface area contributed by atoms with E-state index >= 15 is 0 Å². The van der Waals surface area contributed by atoms with Gasteiger partial charge in [-0.1, -0.05) is 0 Å². The first-order valence-electron chi connectivity index (χ1n) is 12.5. The third-order valence-electron chi connectivity index (χ3n) is 6.74. The van der Waals surface area contributed by atoms with Gasteiger partial charge in [0, 0.05) is 37.6 Å². The predicted molar refractivity (Wildman–Crippen MR) is 144 cm³/mol. The van der Waals surface area contributed by atoms with Crippen LogP contribution in [0.1, 0.15) is 24.1 Å². The lowest BCUT2D eigenvalue weighted by molar-refractivity contribution is -0.115. The molecule has 11 heteroatoms. The highest BCUT2D eigenvalue weighted by Crippen LogP contribution is 2.35. The minimum atomic E-state index is -0.385. The lowest BCUT2D eigenvalue weighted by Gasteiger charge is -2.32. The van der Waals surface area contributed by atoms with Gasteiger partial charge < -0.3 is 19.7 Å². The standard InChI is InChI=1S/C27H26N6O4S/c34-25-24(38-27(35)32-25)13-20-4-8-30-26(31-20)33-9-5-17(6-10-33)14-28-15-18-3-7-29-21(11-18)19-1-2-22-23(12-19)37-16-36-22/h1-4,7-8,11-13,17,28H,5-6,9-10,14-16H2,(H,32,34,35)/b24-13-. The molecule has 0 atom stereocenters. The molecule has 2 aromatic heterocycles. The van der Waals surface area contributed by atoms with E-state index < -0.39 is 0 Å². The van der Waals surface area contributed by atoms with Crippen LogP contribution < -0.4 is 25.0 Å². The van der Waals surface area contributed by atoms with Crippen molar-refractivity contribution in [3.8, 4) is 22.8 Å². The van der Waals surface area contributed by atoms with Crippen molar-refractivity contribution in [3.63, 3.8) is 0 Å². The van der Waals surface area contributed by atoms with E-state index in [4.69, 9.17) is 9.47 Å². The summed E-state index contributed by atoms with van der Waals surface area (Å²) < 4.78 is 10.9. The second-order valence-corrected chi connectivity index (χ2v) is 10.3. The zero-order valence-corrected chi connectivity index (χ0v) is 21.4. The van der Waals surface area contributed by atoms with E-state index in [2.05, 4.69) is 36.6 Å². The number of aromatic nitrogens is 3. The number of pyridine rings is 1. The van der Waals surface area contributed by atoms with Crippen LogP contribution in [0.4, 0.5) is 10.7 Å². The number of fused-ring (bicyclic) bond motifs is 1. The summed E-state index contributed by atoms with van der Waals surface area (Å²) in [6.45, 7) is 3.69. The normalized spacial score (nSPS) is 18.3. The molecule has 2 N–H and O–H groups in total. The molecule has 6 rings (SSSR count). The number of thioether (sulfide) groups is 1. The van der Waals surface area contributed by atoms with E-state index in [0.717, 1.165) is 73.5 Å². The van der Waals surface area contributed by atoms with E-state index in [1.165, 1.54) is 5.56 Å². The summed E-state index contributed by atoms with van der Waals surface area (Å²) >= 11 is 0.887. The van der Waals surface area contributed by atoms with Crippen molar-refractivity contribution in [2.45, 2.75) is 19.4 Å². The number of nitrogens with zero attached hydrogens (tertiary/aromatic N) is 4. The maximum atomic E-state index is 11.8. The van der Waals surface area contributed by atoms with Crippen LogP contribution >= 0.6 is 11.8 Å². The van der Waals surface area contributed by atoms with Gasteiger partial charge in [0.2, 0.25) is 12.7 Å². The van der Waals surface area contributed by atoms with Gasteiger partial charge in [-0.05, 0) is 85.1 Å². The number of piperidine rings is 1. The van der Waals surface area contributed by atoms with E-state index in [1.807, 2.05) is 30.5 Å². The minimum Gasteiger partial charge on any atom is -0.454 e. The first-order valence-corrected chi connectivity index (χ1v) is 13.3. The maximum Gasteiger partial charge on any atom is 0.290 e. The highest BCUT2D eigenvalue weighted by molar-refractivity contribution is 8.18. The lowest BCUT2D eigenvalue weighted by atomic mass is 9.97. The molecule has 3 aromatic rings. The van der Waals surface area contributed by atoms with Crippen LogP contribution in [0.3, 0.4) is 0 Å². The second kappa shape index (κ2) is 10.8. The fraction of sp³-hybridized carbons (Fsp3) is 0.296. The van der Waals surface area contributed by atoms with E-state index in [1.54, 1.807) is 18.3 Å². The summed E-state index contributed by atoms with van der Waals surface area (Å²) in [5, 5.41) is 5.51. The molecule has 2 fully saturated rings. The van der Waals surface area contributed by atoms with Gasteiger partial charge in [0.15, 0.2) is 11.5 Å². The molecule has 3 aliphatic heterocycles. The quantitative estimate of drug-likeness (QED) is 0.439. The summed E-state index contributed by atoms with van der Waals surface area (Å²) in [7, 11) is 0. The third kappa shape index (κ3) is 5.48. The molecule has 3 aliphatic rings. The molecule has 0 spiro atoms. The first kappa shape index (κ1) is 24.4. The second-order valence-electron chi connectivity index (χ2n) is 9.31. The molecule has 194 valence electrons. The number of carbonyl (C=O) groups is 2. The van der Waals surface area contributed by atoms with Gasteiger partial charge in [0.05, 0.1) is 16.3 Å². The van der Waals surface area contributed by atoms with Crippen LogP contribution in [0.25, 0.3) is 17.3 Å². The molecule has 0 bridgehead atoms. The number of benzene rings is 1. The van der Waals surface area contributed by atoms with Crippen LogP contribution in [-0.2, 0) is 11.3 Å². The summed E-state index contributed by atoms with van der Waals surface area (Å²) in [5.41, 5.74) is 3.71. The molecule has 38 heavy (non-hydrogen) atoms. The zero-order chi connectivity index (χ0) is 25.9. The monoisotopic (exact) mass is 530 g/mol. The van der Waals surface area contributed by atoms with Crippen molar-refractivity contribution in [2.75, 3.05) is 31.3 Å². The number of carbonyl (C=O) groups excluding carboxylic acids is 2. The molecule has 0 aliphatic carbocycles. The van der Waals surface area contributed by atoms with Crippen LogP contribution in [0.15, 0.2) is 53.7 Å². The SMILES string of the molecule is O=C1NC(=O)/C(=C/c2ccnc(N3CCC(CNCc4ccnc(-c5ccc6c(c5)OCO6)c4)CC3)n2)S1. The number of nitrogens with one attached hydrogen (secondary N) is 2. The molecule has 2 amide bonds. The number of amides is 2. The highest BCUT2D eigenvalue weighted by atomic mass is 32.2. The number of rotatable bonds is 7. The van der Waals surface area contributed by atoms with Crippen LogP contribution in [0, 0.1) is 5.92 Å². The number of imide groups is 1. The summed E-state index contributed by atoms with van der Waals surface area (Å²) in [6.07, 6.45) is 7.23. The van der Waals surface area contributed by atoms with Gasteiger partial charge >= 0.3 is 0 Å². The Morgan fingerprint density at radius 2 is 1.89 bits per heavy atom. The number of hydrogen-bond donors (Lipinski definition) is 2. The van der Waals surface area contributed by atoms with E-state index in [9.17, 15) is 9.59 Å². The fourth-order valence-corrected chi connectivity index (χ4v) is 5.37. The molecule has 1 aromatic carbocycles. The van der Waals surface area contributed by atoms with Gasteiger partial charge in [0.25, 0.3) is 11.1 Å². The molecule has 2 saturated heterocycles. The first-order chi connectivity index (χ1) is 18.6. The lowest BCUT2D eigenvalue weighted by Crippen LogP contribution is -2.38. The van der Waals surface area contributed by atoms with Gasteiger partial charge in [0.1, 0.15) is 0 Å². The predicted octanol–water partition coefficient (Wildman–Crippen LogP) is 3.60. The summed E-state index contributed by atoms with van der Waals surface area (Å²) in [6, 6.07) is 11.8.